The second kappa shape index (κ2) is 6.28. The summed E-state index contributed by atoms with van der Waals surface area (Å²) in [6.07, 6.45) is 5.02. The monoisotopic (exact) mass is 264 g/mol. The van der Waals surface area contributed by atoms with Crippen molar-refractivity contribution in [2.24, 2.45) is 0 Å². The quantitative estimate of drug-likeness (QED) is 0.764. The van der Waals surface area contributed by atoms with Crippen molar-refractivity contribution in [3.63, 3.8) is 0 Å². The molecule has 0 amide bonds. The number of benzene rings is 1. The van der Waals surface area contributed by atoms with Gasteiger partial charge in [0.25, 0.3) is 0 Å². The van der Waals surface area contributed by atoms with Gasteiger partial charge in [-0.1, -0.05) is 50.1 Å². The molecular formula is C15H20O2S. The Bertz CT molecular complexity index is 421. The van der Waals surface area contributed by atoms with E-state index in [1.165, 1.54) is 0 Å². The van der Waals surface area contributed by atoms with Gasteiger partial charge in [-0.2, -0.15) is 0 Å². The maximum absolute atomic E-state index is 12.5. The van der Waals surface area contributed by atoms with Gasteiger partial charge < -0.3 is 0 Å². The van der Waals surface area contributed by atoms with E-state index in [9.17, 15) is 9.00 Å². The molecule has 2 rings (SSSR count). The van der Waals surface area contributed by atoms with E-state index in [0.29, 0.717) is 12.0 Å². The Morgan fingerprint density at radius 2 is 1.89 bits per heavy atom. The Hall–Kier alpha value is -0.960. The highest BCUT2D eigenvalue weighted by Gasteiger charge is 2.31. The number of Topliss-reactive ketones (excluding diaryl/α,β-unsaturated/α-hetero) is 1. The van der Waals surface area contributed by atoms with Crippen molar-refractivity contribution in [3.05, 3.63) is 35.9 Å². The summed E-state index contributed by atoms with van der Waals surface area (Å²) < 4.78 is 12.5. The standard InChI is InChI=1S/C15H20O2S/c1-2-14(18(17)13-10-6-7-11-13)15(16)12-8-4-3-5-9-12/h3-5,8-9,13-14H,2,6-7,10-11H2,1H3. The lowest BCUT2D eigenvalue weighted by molar-refractivity contribution is 0.0986. The van der Waals surface area contributed by atoms with Crippen LogP contribution in [-0.2, 0) is 10.8 Å². The Morgan fingerprint density at radius 3 is 2.44 bits per heavy atom. The molecule has 2 nitrogen and oxygen atoms in total. The van der Waals surface area contributed by atoms with E-state index in [1.807, 2.05) is 37.3 Å². The van der Waals surface area contributed by atoms with Gasteiger partial charge in [0.1, 0.15) is 0 Å². The molecule has 0 saturated heterocycles. The van der Waals surface area contributed by atoms with Crippen molar-refractivity contribution in [2.75, 3.05) is 0 Å². The summed E-state index contributed by atoms with van der Waals surface area (Å²) in [6.45, 7) is 1.96. The molecule has 0 radical (unpaired) electrons. The molecule has 3 heteroatoms. The number of ketones is 1. The Kier molecular flexibility index (Phi) is 4.70. The number of carbonyl (C=O) groups excluding carboxylic acids is 1. The molecule has 0 spiro atoms. The largest absolute Gasteiger partial charge is 0.293 e. The molecule has 0 aromatic heterocycles. The average molecular weight is 264 g/mol. The lowest BCUT2D eigenvalue weighted by atomic mass is 10.1. The van der Waals surface area contributed by atoms with Crippen LogP contribution in [0.1, 0.15) is 49.4 Å². The zero-order chi connectivity index (χ0) is 13.0. The molecule has 1 aliphatic carbocycles. The zero-order valence-electron chi connectivity index (χ0n) is 10.8. The van der Waals surface area contributed by atoms with Crippen LogP contribution < -0.4 is 0 Å². The minimum absolute atomic E-state index is 0.0448. The third-order valence-corrected chi connectivity index (χ3v) is 5.87. The molecule has 98 valence electrons. The van der Waals surface area contributed by atoms with Gasteiger partial charge in [-0.05, 0) is 19.3 Å². The maximum atomic E-state index is 12.5. The molecule has 0 aliphatic heterocycles. The number of hydrogen-bond acceptors (Lipinski definition) is 2. The van der Waals surface area contributed by atoms with Gasteiger partial charge in [0, 0.05) is 21.6 Å². The summed E-state index contributed by atoms with van der Waals surface area (Å²) >= 11 is 0. The van der Waals surface area contributed by atoms with Gasteiger partial charge in [0.15, 0.2) is 5.78 Å². The minimum atomic E-state index is -1.01. The molecule has 2 atom stereocenters. The smallest absolute Gasteiger partial charge is 0.178 e. The summed E-state index contributed by atoms with van der Waals surface area (Å²) in [5, 5.41) is -0.0851. The molecule has 1 fully saturated rings. The molecule has 1 aromatic carbocycles. The highest BCUT2D eigenvalue weighted by Crippen LogP contribution is 2.27. The van der Waals surface area contributed by atoms with Gasteiger partial charge in [-0.25, -0.2) is 0 Å². The van der Waals surface area contributed by atoms with Crippen molar-refractivity contribution in [1.29, 1.82) is 0 Å². The third kappa shape index (κ3) is 2.89. The van der Waals surface area contributed by atoms with Crippen molar-refractivity contribution >= 4 is 16.6 Å². The zero-order valence-corrected chi connectivity index (χ0v) is 11.6. The first-order valence-electron chi connectivity index (χ1n) is 6.72. The number of hydrogen-bond donors (Lipinski definition) is 0. The lowest BCUT2D eigenvalue weighted by Gasteiger charge is -2.18. The molecular weight excluding hydrogens is 244 g/mol. The fourth-order valence-corrected chi connectivity index (χ4v) is 4.53. The predicted molar refractivity (Wildman–Crippen MR) is 75.2 cm³/mol. The van der Waals surface area contributed by atoms with E-state index < -0.39 is 10.8 Å². The summed E-state index contributed by atoms with van der Waals surface area (Å²) in [5.74, 6) is 0.0448. The SMILES string of the molecule is CCC(C(=O)c1ccccc1)S(=O)C1CCCC1. The predicted octanol–water partition coefficient (Wildman–Crippen LogP) is 3.34. The van der Waals surface area contributed by atoms with Crippen LogP contribution in [0.4, 0.5) is 0 Å². The number of rotatable bonds is 5. The Labute approximate surface area is 111 Å². The van der Waals surface area contributed by atoms with Crippen LogP contribution in [0, 0.1) is 0 Å². The molecule has 0 heterocycles. The van der Waals surface area contributed by atoms with E-state index in [2.05, 4.69) is 0 Å². The molecule has 18 heavy (non-hydrogen) atoms. The van der Waals surface area contributed by atoms with Gasteiger partial charge in [0.05, 0.1) is 5.25 Å². The van der Waals surface area contributed by atoms with Crippen LogP contribution in [0.3, 0.4) is 0 Å². The summed E-state index contributed by atoms with van der Waals surface area (Å²) in [7, 11) is -1.01. The Balaban J connectivity index is 2.13. The van der Waals surface area contributed by atoms with Gasteiger partial charge >= 0.3 is 0 Å². The van der Waals surface area contributed by atoms with Crippen LogP contribution in [-0.4, -0.2) is 20.5 Å². The maximum Gasteiger partial charge on any atom is 0.178 e. The van der Waals surface area contributed by atoms with Crippen molar-refractivity contribution in [2.45, 2.75) is 49.5 Å². The van der Waals surface area contributed by atoms with Gasteiger partial charge in [-0.15, -0.1) is 0 Å². The first-order chi connectivity index (χ1) is 8.74. The average Bonchev–Trinajstić information content (AvgIpc) is 2.94. The van der Waals surface area contributed by atoms with E-state index in [1.54, 1.807) is 0 Å². The van der Waals surface area contributed by atoms with Gasteiger partial charge in [-0.3, -0.25) is 9.00 Å². The number of carbonyl (C=O) groups is 1. The van der Waals surface area contributed by atoms with E-state index in [0.717, 1.165) is 25.7 Å². The molecule has 1 saturated carbocycles. The van der Waals surface area contributed by atoms with Crippen molar-refractivity contribution in [3.8, 4) is 0 Å². The fourth-order valence-electron chi connectivity index (χ4n) is 2.60. The van der Waals surface area contributed by atoms with E-state index in [4.69, 9.17) is 0 Å². The van der Waals surface area contributed by atoms with Crippen LogP contribution in [0.15, 0.2) is 30.3 Å². The van der Waals surface area contributed by atoms with Crippen molar-refractivity contribution < 1.29 is 9.00 Å². The van der Waals surface area contributed by atoms with Crippen LogP contribution in [0.2, 0.25) is 0 Å². The van der Waals surface area contributed by atoms with E-state index >= 15 is 0 Å². The first kappa shape index (κ1) is 13.5. The lowest BCUT2D eigenvalue weighted by Crippen LogP contribution is -2.31. The molecule has 0 bridgehead atoms. The normalized spacial score (nSPS) is 19.6. The molecule has 0 N–H and O–H groups in total. The summed E-state index contributed by atoms with van der Waals surface area (Å²) in [5.41, 5.74) is 0.690. The fraction of sp³-hybridized carbons (Fsp3) is 0.533. The summed E-state index contributed by atoms with van der Waals surface area (Å²) in [6, 6.07) is 9.25. The van der Waals surface area contributed by atoms with Crippen LogP contribution in [0.5, 0.6) is 0 Å². The third-order valence-electron chi connectivity index (χ3n) is 3.63. The topological polar surface area (TPSA) is 34.1 Å². The summed E-state index contributed by atoms with van der Waals surface area (Å²) in [4.78, 5) is 12.4. The van der Waals surface area contributed by atoms with Crippen LogP contribution >= 0.6 is 0 Å². The second-order valence-electron chi connectivity index (χ2n) is 4.86. The van der Waals surface area contributed by atoms with Crippen LogP contribution in [0.25, 0.3) is 0 Å². The second-order valence-corrected chi connectivity index (χ2v) is 6.75. The molecule has 1 aliphatic rings. The molecule has 1 aromatic rings. The Morgan fingerprint density at radius 1 is 1.28 bits per heavy atom. The highest BCUT2D eigenvalue weighted by atomic mass is 32.2. The molecule has 2 unspecified atom stereocenters. The van der Waals surface area contributed by atoms with E-state index in [-0.39, 0.29) is 16.3 Å². The first-order valence-corrected chi connectivity index (χ1v) is 8.00. The van der Waals surface area contributed by atoms with Crippen molar-refractivity contribution in [1.82, 2.24) is 0 Å². The highest BCUT2D eigenvalue weighted by molar-refractivity contribution is 7.87. The van der Waals surface area contributed by atoms with Gasteiger partial charge in [0.2, 0.25) is 0 Å². The minimum Gasteiger partial charge on any atom is -0.293 e.